The van der Waals surface area contributed by atoms with Crippen molar-refractivity contribution in [3.05, 3.63) is 62.0 Å². The molecule has 0 heterocycles. The first-order chi connectivity index (χ1) is 12.2. The van der Waals surface area contributed by atoms with E-state index in [0.29, 0.717) is 20.3 Å². The third-order valence-electron chi connectivity index (χ3n) is 3.25. The number of nitrogens with zero attached hydrogens (tertiary/aromatic N) is 1. The van der Waals surface area contributed by atoms with Gasteiger partial charge in [0.1, 0.15) is 5.75 Å². The summed E-state index contributed by atoms with van der Waals surface area (Å²) < 4.78 is 44.6. The van der Waals surface area contributed by atoms with Gasteiger partial charge in [-0.05, 0) is 61.2 Å². The first kappa shape index (κ1) is 20.4. The number of amides is 1. The molecule has 0 bridgehead atoms. The molecule has 0 radical (unpaired) electrons. The van der Waals surface area contributed by atoms with Crippen molar-refractivity contribution in [2.45, 2.75) is 12.6 Å². The van der Waals surface area contributed by atoms with Crippen molar-refractivity contribution >= 4 is 44.0 Å². The lowest BCUT2D eigenvalue weighted by Crippen LogP contribution is -2.20. The minimum absolute atomic E-state index is 0.211. The minimum Gasteiger partial charge on any atom is -0.494 e. The molecule has 9 heteroatoms. The van der Waals surface area contributed by atoms with Gasteiger partial charge in [-0.1, -0.05) is 18.2 Å². The molecule has 1 amide bonds. The van der Waals surface area contributed by atoms with Crippen LogP contribution in [0.4, 0.5) is 13.2 Å². The van der Waals surface area contributed by atoms with Crippen LogP contribution in [0.15, 0.2) is 50.4 Å². The van der Waals surface area contributed by atoms with Crippen molar-refractivity contribution in [1.29, 1.82) is 0 Å². The molecule has 0 aliphatic rings. The number of methoxy groups -OCH3 is 1. The van der Waals surface area contributed by atoms with Crippen LogP contribution in [0, 0.1) is 0 Å². The van der Waals surface area contributed by atoms with Crippen molar-refractivity contribution in [3.8, 4) is 5.75 Å². The van der Waals surface area contributed by atoms with E-state index < -0.39 is 17.6 Å². The number of halogens is 5. The number of nitrogens with one attached hydrogen (secondary N) is 1. The second-order valence-corrected chi connectivity index (χ2v) is 6.89. The molecule has 0 saturated heterocycles. The number of hydrogen-bond donors (Lipinski definition) is 1. The first-order valence-electron chi connectivity index (χ1n) is 7.22. The van der Waals surface area contributed by atoms with Gasteiger partial charge in [-0.25, -0.2) is 5.43 Å². The van der Waals surface area contributed by atoms with E-state index in [-0.39, 0.29) is 12.0 Å². The van der Waals surface area contributed by atoms with Crippen molar-refractivity contribution in [3.63, 3.8) is 0 Å². The maximum absolute atomic E-state index is 12.7. The minimum atomic E-state index is -4.44. The van der Waals surface area contributed by atoms with E-state index in [9.17, 15) is 18.0 Å². The highest BCUT2D eigenvalue weighted by atomic mass is 79.9. The Balaban J connectivity index is 2.00. The van der Waals surface area contributed by atoms with Crippen LogP contribution in [0.5, 0.6) is 5.75 Å². The molecule has 26 heavy (non-hydrogen) atoms. The van der Waals surface area contributed by atoms with E-state index in [2.05, 4.69) is 42.4 Å². The number of ether oxygens (including phenoxy) is 1. The Morgan fingerprint density at radius 2 is 1.88 bits per heavy atom. The molecule has 2 aromatic carbocycles. The molecule has 0 aliphatic carbocycles. The molecule has 0 unspecified atom stereocenters. The second-order valence-electron chi connectivity index (χ2n) is 5.19. The van der Waals surface area contributed by atoms with E-state index in [1.54, 1.807) is 12.1 Å². The average Bonchev–Trinajstić information content (AvgIpc) is 2.54. The molecule has 2 aromatic rings. The Morgan fingerprint density at radius 3 is 2.46 bits per heavy atom. The SMILES string of the molecule is COc1c(Br)cc(/C=N\NC(=O)Cc2cccc(C(F)(F)F)c2)cc1Br. The van der Waals surface area contributed by atoms with Crippen LogP contribution in [0.1, 0.15) is 16.7 Å². The zero-order valence-electron chi connectivity index (χ0n) is 13.4. The highest BCUT2D eigenvalue weighted by Gasteiger charge is 2.30. The van der Waals surface area contributed by atoms with Gasteiger partial charge < -0.3 is 4.74 Å². The normalized spacial score (nSPS) is 11.6. The van der Waals surface area contributed by atoms with Crippen LogP contribution in [0.3, 0.4) is 0 Å². The van der Waals surface area contributed by atoms with Crippen LogP contribution in [-0.4, -0.2) is 19.2 Å². The van der Waals surface area contributed by atoms with Gasteiger partial charge in [0.15, 0.2) is 0 Å². The summed E-state index contributed by atoms with van der Waals surface area (Å²) in [5, 5.41) is 3.82. The number of alkyl halides is 3. The number of hydrogen-bond acceptors (Lipinski definition) is 3. The maximum Gasteiger partial charge on any atom is 0.416 e. The third kappa shape index (κ3) is 5.57. The van der Waals surface area contributed by atoms with Gasteiger partial charge >= 0.3 is 6.18 Å². The molecule has 4 nitrogen and oxygen atoms in total. The number of carbonyl (C=O) groups is 1. The van der Waals surface area contributed by atoms with Gasteiger partial charge in [0.2, 0.25) is 5.91 Å². The highest BCUT2D eigenvalue weighted by Crippen LogP contribution is 2.34. The summed E-state index contributed by atoms with van der Waals surface area (Å²) >= 11 is 6.70. The van der Waals surface area contributed by atoms with Crippen molar-refractivity contribution in [2.75, 3.05) is 7.11 Å². The smallest absolute Gasteiger partial charge is 0.416 e. The molecule has 0 aliphatic heterocycles. The van der Waals surface area contributed by atoms with Crippen LogP contribution in [-0.2, 0) is 17.4 Å². The molecule has 2 rings (SSSR count). The largest absolute Gasteiger partial charge is 0.494 e. The van der Waals surface area contributed by atoms with E-state index in [0.717, 1.165) is 12.1 Å². The Labute approximate surface area is 164 Å². The molecular formula is C17H13Br2F3N2O2. The van der Waals surface area contributed by atoms with Gasteiger partial charge in [-0.15, -0.1) is 0 Å². The predicted octanol–water partition coefficient (Wildman–Crippen LogP) is 4.93. The predicted molar refractivity (Wildman–Crippen MR) is 99.3 cm³/mol. The second kappa shape index (κ2) is 8.68. The summed E-state index contributed by atoms with van der Waals surface area (Å²) in [6, 6.07) is 8.11. The standard InChI is InChI=1S/C17H13Br2F3N2O2/c1-26-16-13(18)6-11(7-14(16)19)9-23-24-15(25)8-10-3-2-4-12(5-10)17(20,21)22/h2-7,9H,8H2,1H3,(H,24,25)/b23-9-. The van der Waals surface area contributed by atoms with Gasteiger partial charge in [0.05, 0.1) is 34.3 Å². The fraction of sp³-hybridized carbons (Fsp3) is 0.176. The molecule has 138 valence electrons. The number of hydrazone groups is 1. The van der Waals surface area contributed by atoms with E-state index in [4.69, 9.17) is 4.74 Å². The summed E-state index contributed by atoms with van der Waals surface area (Å²) in [7, 11) is 1.53. The van der Waals surface area contributed by atoms with Crippen LogP contribution < -0.4 is 10.2 Å². The summed E-state index contributed by atoms with van der Waals surface area (Å²) in [6.45, 7) is 0. The van der Waals surface area contributed by atoms with Crippen molar-refractivity contribution in [1.82, 2.24) is 5.43 Å². The third-order valence-corrected chi connectivity index (χ3v) is 4.42. The lowest BCUT2D eigenvalue weighted by Gasteiger charge is -2.08. The van der Waals surface area contributed by atoms with Gasteiger partial charge in [-0.3, -0.25) is 4.79 Å². The van der Waals surface area contributed by atoms with Crippen LogP contribution in [0.2, 0.25) is 0 Å². The maximum atomic E-state index is 12.7. The summed E-state index contributed by atoms with van der Waals surface area (Å²) in [5.41, 5.74) is 2.44. The number of rotatable bonds is 5. The Bertz CT molecular complexity index is 816. The molecule has 0 spiro atoms. The number of carbonyl (C=O) groups excluding carboxylic acids is 1. The lowest BCUT2D eigenvalue weighted by atomic mass is 10.1. The molecule has 0 saturated carbocycles. The summed E-state index contributed by atoms with van der Waals surface area (Å²) in [4.78, 5) is 11.9. The average molecular weight is 494 g/mol. The quantitative estimate of drug-likeness (QED) is 0.474. The summed E-state index contributed by atoms with van der Waals surface area (Å²) in [5.74, 6) is 0.1000. The van der Waals surface area contributed by atoms with Gasteiger partial charge in [0.25, 0.3) is 0 Å². The Morgan fingerprint density at radius 1 is 1.23 bits per heavy atom. The van der Waals surface area contributed by atoms with E-state index in [1.807, 2.05) is 0 Å². The molecular weight excluding hydrogens is 481 g/mol. The van der Waals surface area contributed by atoms with E-state index >= 15 is 0 Å². The first-order valence-corrected chi connectivity index (χ1v) is 8.80. The lowest BCUT2D eigenvalue weighted by molar-refractivity contribution is -0.137. The van der Waals surface area contributed by atoms with Gasteiger partial charge in [0, 0.05) is 0 Å². The van der Waals surface area contributed by atoms with E-state index in [1.165, 1.54) is 25.5 Å². The Hall–Kier alpha value is -1.87. The topological polar surface area (TPSA) is 50.7 Å². The van der Waals surface area contributed by atoms with Crippen molar-refractivity contribution < 1.29 is 22.7 Å². The zero-order chi connectivity index (χ0) is 19.3. The molecule has 0 fully saturated rings. The summed E-state index contributed by atoms with van der Waals surface area (Å²) in [6.07, 6.45) is -3.24. The van der Waals surface area contributed by atoms with Crippen molar-refractivity contribution in [2.24, 2.45) is 5.10 Å². The highest BCUT2D eigenvalue weighted by molar-refractivity contribution is 9.11. The molecule has 0 aromatic heterocycles. The molecule has 1 N–H and O–H groups in total. The molecule has 0 atom stereocenters. The fourth-order valence-electron chi connectivity index (χ4n) is 2.11. The number of benzene rings is 2. The monoisotopic (exact) mass is 492 g/mol. The van der Waals surface area contributed by atoms with Crippen LogP contribution >= 0.6 is 31.9 Å². The zero-order valence-corrected chi connectivity index (χ0v) is 16.6. The van der Waals surface area contributed by atoms with Crippen LogP contribution in [0.25, 0.3) is 0 Å². The fourth-order valence-corrected chi connectivity index (χ4v) is 3.66. The Kier molecular flexibility index (Phi) is 6.82. The van der Waals surface area contributed by atoms with Gasteiger partial charge in [-0.2, -0.15) is 18.3 Å².